The van der Waals surface area contributed by atoms with Crippen molar-refractivity contribution in [1.82, 2.24) is 5.32 Å². The maximum absolute atomic E-state index is 11.7. The average Bonchev–Trinajstić information content (AvgIpc) is 2.41. The number of nitrogens with one attached hydrogen (secondary N) is 2. The van der Waals surface area contributed by atoms with Crippen molar-refractivity contribution >= 4 is 34.9 Å². The van der Waals surface area contributed by atoms with Crippen LogP contribution in [-0.4, -0.2) is 12.6 Å². The monoisotopic (exact) mass is 308 g/mol. The van der Waals surface area contributed by atoms with Crippen molar-refractivity contribution in [3.05, 3.63) is 64.1 Å². The molecule has 0 fully saturated rings. The lowest BCUT2D eigenvalue weighted by Crippen LogP contribution is -2.30. The molecule has 0 heterocycles. The second-order valence-electron chi connectivity index (χ2n) is 4.24. The molecule has 0 aliphatic rings. The Hall–Kier alpha value is -1.71. The molecule has 0 aliphatic heterocycles. The summed E-state index contributed by atoms with van der Waals surface area (Å²) >= 11 is 11.9. The Bertz CT molecular complexity index is 602. The van der Waals surface area contributed by atoms with E-state index in [-0.39, 0.29) is 6.03 Å². The molecule has 0 unspecified atom stereocenters. The number of para-hydroxylation sites is 1. The van der Waals surface area contributed by atoms with Gasteiger partial charge in [-0.15, -0.1) is 0 Å². The molecule has 2 aromatic carbocycles. The second kappa shape index (κ2) is 7.17. The lowest BCUT2D eigenvalue weighted by atomic mass is 10.1. The molecule has 0 saturated carbocycles. The van der Waals surface area contributed by atoms with Crippen LogP contribution in [0, 0.1) is 0 Å². The van der Waals surface area contributed by atoms with Gasteiger partial charge < -0.3 is 10.6 Å². The quantitative estimate of drug-likeness (QED) is 0.866. The van der Waals surface area contributed by atoms with Gasteiger partial charge in [0.05, 0.1) is 10.7 Å². The maximum atomic E-state index is 11.7. The highest BCUT2D eigenvalue weighted by atomic mass is 35.5. The molecule has 0 radical (unpaired) electrons. The van der Waals surface area contributed by atoms with Gasteiger partial charge in [-0.25, -0.2) is 4.79 Å². The van der Waals surface area contributed by atoms with Crippen LogP contribution in [0.1, 0.15) is 5.56 Å². The SMILES string of the molecule is O=C(NCCc1cccc(Cl)c1)Nc1ccccc1Cl. The van der Waals surface area contributed by atoms with Crippen LogP contribution in [0.25, 0.3) is 0 Å². The van der Waals surface area contributed by atoms with Crippen LogP contribution >= 0.6 is 23.2 Å². The zero-order chi connectivity index (χ0) is 14.4. The molecule has 0 aliphatic carbocycles. The Labute approximate surface area is 127 Å². The van der Waals surface area contributed by atoms with Crippen molar-refractivity contribution in [2.45, 2.75) is 6.42 Å². The average molecular weight is 309 g/mol. The third kappa shape index (κ3) is 4.44. The van der Waals surface area contributed by atoms with Crippen molar-refractivity contribution in [1.29, 1.82) is 0 Å². The zero-order valence-corrected chi connectivity index (χ0v) is 12.2. The molecule has 0 aromatic heterocycles. The fourth-order valence-electron chi connectivity index (χ4n) is 1.74. The molecule has 0 saturated heterocycles. The first-order chi connectivity index (χ1) is 9.65. The summed E-state index contributed by atoms with van der Waals surface area (Å²) in [4.78, 5) is 11.7. The summed E-state index contributed by atoms with van der Waals surface area (Å²) in [5.41, 5.74) is 1.67. The Morgan fingerprint density at radius 1 is 1.05 bits per heavy atom. The van der Waals surface area contributed by atoms with E-state index in [1.807, 2.05) is 36.4 Å². The summed E-state index contributed by atoms with van der Waals surface area (Å²) in [5.74, 6) is 0. The molecule has 2 rings (SSSR count). The molecule has 2 amide bonds. The Morgan fingerprint density at radius 2 is 1.85 bits per heavy atom. The van der Waals surface area contributed by atoms with E-state index >= 15 is 0 Å². The van der Waals surface area contributed by atoms with Gasteiger partial charge in [-0.1, -0.05) is 47.5 Å². The molecule has 0 spiro atoms. The largest absolute Gasteiger partial charge is 0.338 e. The molecule has 3 nitrogen and oxygen atoms in total. The summed E-state index contributed by atoms with van der Waals surface area (Å²) < 4.78 is 0. The molecule has 5 heteroatoms. The van der Waals surface area contributed by atoms with Gasteiger partial charge in [-0.3, -0.25) is 0 Å². The van der Waals surface area contributed by atoms with E-state index in [0.29, 0.717) is 22.3 Å². The Kier molecular flexibility index (Phi) is 5.27. The van der Waals surface area contributed by atoms with Gasteiger partial charge >= 0.3 is 6.03 Å². The minimum absolute atomic E-state index is 0.278. The van der Waals surface area contributed by atoms with E-state index in [9.17, 15) is 4.79 Å². The van der Waals surface area contributed by atoms with Crippen molar-refractivity contribution in [2.24, 2.45) is 0 Å². The van der Waals surface area contributed by atoms with Gasteiger partial charge in [0.15, 0.2) is 0 Å². The van der Waals surface area contributed by atoms with Gasteiger partial charge in [0.1, 0.15) is 0 Å². The smallest absolute Gasteiger partial charge is 0.319 e. The molecular weight excluding hydrogens is 295 g/mol. The highest BCUT2D eigenvalue weighted by molar-refractivity contribution is 6.33. The first-order valence-corrected chi connectivity index (χ1v) is 6.94. The standard InChI is InChI=1S/C15H14Cl2N2O/c16-12-5-3-4-11(10-12)8-9-18-15(20)19-14-7-2-1-6-13(14)17/h1-7,10H,8-9H2,(H2,18,19,20). The summed E-state index contributed by atoms with van der Waals surface area (Å²) in [5, 5.41) is 6.68. The third-order valence-electron chi connectivity index (χ3n) is 2.71. The number of anilines is 1. The molecule has 0 atom stereocenters. The molecule has 20 heavy (non-hydrogen) atoms. The lowest BCUT2D eigenvalue weighted by molar-refractivity contribution is 0.252. The first kappa shape index (κ1) is 14.7. The van der Waals surface area contributed by atoms with E-state index in [1.165, 1.54) is 0 Å². The summed E-state index contributed by atoms with van der Waals surface area (Å²) in [6.07, 6.45) is 0.719. The van der Waals surface area contributed by atoms with Crippen LogP contribution in [0.3, 0.4) is 0 Å². The molecule has 0 bridgehead atoms. The second-order valence-corrected chi connectivity index (χ2v) is 5.08. The minimum atomic E-state index is -0.278. The van der Waals surface area contributed by atoms with Gasteiger partial charge in [-0.05, 0) is 36.2 Å². The van der Waals surface area contributed by atoms with Crippen LogP contribution in [0.15, 0.2) is 48.5 Å². The lowest BCUT2D eigenvalue weighted by Gasteiger charge is -2.09. The number of hydrogen-bond acceptors (Lipinski definition) is 1. The number of rotatable bonds is 4. The number of urea groups is 1. The van der Waals surface area contributed by atoms with Crippen LogP contribution < -0.4 is 10.6 Å². The molecule has 2 N–H and O–H groups in total. The maximum Gasteiger partial charge on any atom is 0.319 e. The number of halogens is 2. The van der Waals surface area contributed by atoms with E-state index in [2.05, 4.69) is 10.6 Å². The zero-order valence-electron chi connectivity index (χ0n) is 10.7. The van der Waals surface area contributed by atoms with Crippen molar-refractivity contribution < 1.29 is 4.79 Å². The van der Waals surface area contributed by atoms with Crippen molar-refractivity contribution in [2.75, 3.05) is 11.9 Å². The predicted octanol–water partition coefficient (Wildman–Crippen LogP) is 4.36. The van der Waals surface area contributed by atoms with Crippen molar-refractivity contribution in [3.63, 3.8) is 0 Å². The summed E-state index contributed by atoms with van der Waals surface area (Å²) in [6.45, 7) is 0.524. The van der Waals surface area contributed by atoms with Gasteiger partial charge in [0.25, 0.3) is 0 Å². The highest BCUT2D eigenvalue weighted by Crippen LogP contribution is 2.20. The Morgan fingerprint density at radius 3 is 2.60 bits per heavy atom. The van der Waals surface area contributed by atoms with E-state index in [0.717, 1.165) is 12.0 Å². The predicted molar refractivity (Wildman–Crippen MR) is 83.6 cm³/mol. The van der Waals surface area contributed by atoms with Crippen molar-refractivity contribution in [3.8, 4) is 0 Å². The number of amides is 2. The van der Waals surface area contributed by atoms with Crippen LogP contribution in [0.5, 0.6) is 0 Å². The Balaban J connectivity index is 1.80. The minimum Gasteiger partial charge on any atom is -0.338 e. The molecule has 2 aromatic rings. The number of carbonyl (C=O) groups excluding carboxylic acids is 1. The number of carbonyl (C=O) groups is 1. The van der Waals surface area contributed by atoms with Gasteiger partial charge in [0, 0.05) is 11.6 Å². The van der Waals surface area contributed by atoms with Crippen LogP contribution in [0.4, 0.5) is 10.5 Å². The number of hydrogen-bond donors (Lipinski definition) is 2. The molecular formula is C15H14Cl2N2O. The van der Waals surface area contributed by atoms with E-state index in [4.69, 9.17) is 23.2 Å². The molecule has 104 valence electrons. The van der Waals surface area contributed by atoms with Gasteiger partial charge in [0.2, 0.25) is 0 Å². The van der Waals surface area contributed by atoms with E-state index in [1.54, 1.807) is 12.1 Å². The topological polar surface area (TPSA) is 41.1 Å². The van der Waals surface area contributed by atoms with Crippen LogP contribution in [0.2, 0.25) is 10.0 Å². The first-order valence-electron chi connectivity index (χ1n) is 6.19. The third-order valence-corrected chi connectivity index (χ3v) is 3.28. The fourth-order valence-corrected chi connectivity index (χ4v) is 2.14. The highest BCUT2D eigenvalue weighted by Gasteiger charge is 2.04. The normalized spacial score (nSPS) is 10.1. The number of benzene rings is 2. The van der Waals surface area contributed by atoms with Gasteiger partial charge in [-0.2, -0.15) is 0 Å². The van der Waals surface area contributed by atoms with E-state index < -0.39 is 0 Å². The fraction of sp³-hybridized carbons (Fsp3) is 0.133. The summed E-state index contributed by atoms with van der Waals surface area (Å²) in [6, 6.07) is 14.4. The summed E-state index contributed by atoms with van der Waals surface area (Å²) in [7, 11) is 0. The van der Waals surface area contributed by atoms with Crippen LogP contribution in [-0.2, 0) is 6.42 Å².